The van der Waals surface area contributed by atoms with Gasteiger partial charge in [0.05, 0.1) is 11.7 Å². The Hall–Kier alpha value is -1.98. The zero-order chi connectivity index (χ0) is 16.5. The van der Waals surface area contributed by atoms with E-state index in [1.54, 1.807) is 6.33 Å². The summed E-state index contributed by atoms with van der Waals surface area (Å²) in [5.41, 5.74) is 3.25. The van der Waals surface area contributed by atoms with Crippen molar-refractivity contribution < 1.29 is 9.47 Å². The Morgan fingerprint density at radius 1 is 1.29 bits per heavy atom. The second-order valence-corrected chi connectivity index (χ2v) is 7.38. The molecule has 2 aromatic heterocycles. The summed E-state index contributed by atoms with van der Waals surface area (Å²) in [7, 11) is 0. The molecule has 2 fully saturated rings. The lowest BCUT2D eigenvalue weighted by molar-refractivity contribution is -0.147. The molecular formula is C19H21N3O2. The Balaban J connectivity index is 1.61. The normalized spacial score (nSPS) is 31.2. The number of nitrogens with zero attached hydrogens (tertiary/aromatic N) is 3. The van der Waals surface area contributed by atoms with Crippen LogP contribution >= 0.6 is 0 Å². The number of rotatable bonds is 3. The van der Waals surface area contributed by atoms with Gasteiger partial charge in [0.1, 0.15) is 24.2 Å². The smallest absolute Gasteiger partial charge is 0.164 e. The van der Waals surface area contributed by atoms with Crippen LogP contribution in [0.3, 0.4) is 0 Å². The van der Waals surface area contributed by atoms with E-state index >= 15 is 0 Å². The van der Waals surface area contributed by atoms with Gasteiger partial charge in [-0.2, -0.15) is 0 Å². The van der Waals surface area contributed by atoms with Crippen molar-refractivity contribution in [2.24, 2.45) is 0 Å². The summed E-state index contributed by atoms with van der Waals surface area (Å²) in [5, 5.41) is 1.16. The molecule has 5 heteroatoms. The van der Waals surface area contributed by atoms with Gasteiger partial charge in [0.2, 0.25) is 0 Å². The van der Waals surface area contributed by atoms with Crippen LogP contribution in [0, 0.1) is 0 Å². The van der Waals surface area contributed by atoms with E-state index in [4.69, 9.17) is 9.47 Å². The van der Waals surface area contributed by atoms with Gasteiger partial charge < -0.3 is 14.0 Å². The van der Waals surface area contributed by atoms with Crippen LogP contribution in [-0.4, -0.2) is 32.5 Å². The molecule has 5 nitrogen and oxygen atoms in total. The van der Waals surface area contributed by atoms with E-state index in [0.717, 1.165) is 16.6 Å². The van der Waals surface area contributed by atoms with Crippen LogP contribution < -0.4 is 0 Å². The highest BCUT2D eigenvalue weighted by molar-refractivity contribution is 5.79. The Morgan fingerprint density at radius 2 is 2.12 bits per heavy atom. The number of ether oxygens (including phenoxy) is 2. The molecule has 0 unspecified atom stereocenters. The largest absolute Gasteiger partial charge is 0.342 e. The fourth-order valence-corrected chi connectivity index (χ4v) is 4.02. The van der Waals surface area contributed by atoms with E-state index in [0.29, 0.717) is 5.92 Å². The quantitative estimate of drug-likeness (QED) is 0.867. The van der Waals surface area contributed by atoms with Crippen LogP contribution in [0.25, 0.3) is 11.0 Å². The van der Waals surface area contributed by atoms with Crippen molar-refractivity contribution in [3.63, 3.8) is 0 Å². The molecule has 2 aromatic rings. The van der Waals surface area contributed by atoms with Crippen molar-refractivity contribution in [2.75, 3.05) is 0 Å². The summed E-state index contributed by atoms with van der Waals surface area (Å²) in [6.07, 6.45) is 10.2. The first-order valence-corrected chi connectivity index (χ1v) is 8.58. The summed E-state index contributed by atoms with van der Waals surface area (Å²) < 4.78 is 14.5. The Kier molecular flexibility index (Phi) is 2.86. The van der Waals surface area contributed by atoms with Crippen LogP contribution in [0.15, 0.2) is 42.9 Å². The molecule has 3 heterocycles. The van der Waals surface area contributed by atoms with Crippen LogP contribution in [0.1, 0.15) is 44.3 Å². The van der Waals surface area contributed by atoms with E-state index in [1.807, 2.05) is 19.9 Å². The van der Waals surface area contributed by atoms with Crippen molar-refractivity contribution in [1.29, 1.82) is 0 Å². The molecule has 5 rings (SSSR count). The van der Waals surface area contributed by atoms with Crippen molar-refractivity contribution in [3.8, 4) is 0 Å². The summed E-state index contributed by atoms with van der Waals surface area (Å²) in [4.78, 5) is 9.08. The predicted octanol–water partition coefficient (Wildman–Crippen LogP) is 3.50. The second-order valence-electron chi connectivity index (χ2n) is 7.38. The van der Waals surface area contributed by atoms with Crippen molar-refractivity contribution in [3.05, 3.63) is 48.6 Å². The van der Waals surface area contributed by atoms with Gasteiger partial charge >= 0.3 is 0 Å². The van der Waals surface area contributed by atoms with Gasteiger partial charge in [0, 0.05) is 17.5 Å². The molecule has 0 N–H and O–H groups in total. The minimum atomic E-state index is -0.576. The molecule has 0 radical (unpaired) electrons. The van der Waals surface area contributed by atoms with E-state index in [9.17, 15) is 0 Å². The molecule has 2 aliphatic carbocycles. The van der Waals surface area contributed by atoms with E-state index in [2.05, 4.69) is 39.5 Å². The molecule has 124 valence electrons. The van der Waals surface area contributed by atoms with Gasteiger partial charge in [-0.25, -0.2) is 9.97 Å². The highest BCUT2D eigenvalue weighted by atomic mass is 16.8. The molecule has 3 aliphatic rings. The monoisotopic (exact) mass is 323 g/mol. The zero-order valence-corrected chi connectivity index (χ0v) is 14.0. The Morgan fingerprint density at radius 3 is 2.88 bits per heavy atom. The molecule has 1 saturated heterocycles. The fraction of sp³-hybridized carbons (Fsp3) is 0.474. The summed E-state index contributed by atoms with van der Waals surface area (Å²) >= 11 is 0. The van der Waals surface area contributed by atoms with E-state index < -0.39 is 5.79 Å². The predicted molar refractivity (Wildman–Crippen MR) is 90.6 cm³/mol. The number of fused-ring (bicyclic) bond motifs is 2. The Bertz CT molecular complexity index is 863. The lowest BCUT2D eigenvalue weighted by atomic mass is 10.1. The molecule has 0 bridgehead atoms. The highest BCUT2D eigenvalue weighted by Crippen LogP contribution is 2.45. The number of hydrogen-bond acceptors (Lipinski definition) is 4. The topological polar surface area (TPSA) is 49.2 Å². The lowest BCUT2D eigenvalue weighted by Crippen LogP contribution is -2.27. The second kappa shape index (κ2) is 4.77. The average molecular weight is 323 g/mol. The summed E-state index contributed by atoms with van der Waals surface area (Å²) in [6, 6.07) is 2.20. The minimum Gasteiger partial charge on any atom is -0.342 e. The van der Waals surface area contributed by atoms with Gasteiger partial charge in [-0.1, -0.05) is 18.7 Å². The molecule has 0 aromatic carbocycles. The van der Waals surface area contributed by atoms with Crippen molar-refractivity contribution in [2.45, 2.75) is 56.6 Å². The zero-order valence-electron chi connectivity index (χ0n) is 14.0. The van der Waals surface area contributed by atoms with Gasteiger partial charge in [0.15, 0.2) is 5.79 Å². The SMILES string of the molecule is C=CC1=C[C@@H](n2ccc3c(C4CC4)ncnc32)[C@@H]2OC(C)(C)O[C@H]12. The summed E-state index contributed by atoms with van der Waals surface area (Å²) in [6.45, 7) is 7.86. The van der Waals surface area contributed by atoms with Crippen molar-refractivity contribution >= 4 is 11.0 Å². The van der Waals surface area contributed by atoms with Gasteiger partial charge in [-0.05, 0) is 38.3 Å². The minimum absolute atomic E-state index is 0.0528. The fourth-order valence-electron chi connectivity index (χ4n) is 4.02. The van der Waals surface area contributed by atoms with Crippen molar-refractivity contribution in [1.82, 2.24) is 14.5 Å². The first kappa shape index (κ1) is 14.4. The highest BCUT2D eigenvalue weighted by Gasteiger charge is 2.50. The van der Waals surface area contributed by atoms with Crippen LogP contribution in [0.5, 0.6) is 0 Å². The van der Waals surface area contributed by atoms with E-state index in [1.165, 1.54) is 18.5 Å². The number of hydrogen-bond donors (Lipinski definition) is 0. The molecule has 0 spiro atoms. The van der Waals surface area contributed by atoms with Gasteiger partial charge in [-0.15, -0.1) is 0 Å². The number of aromatic nitrogens is 3. The van der Waals surface area contributed by atoms with Gasteiger partial charge in [-0.3, -0.25) is 0 Å². The third kappa shape index (κ3) is 2.01. The first-order valence-electron chi connectivity index (χ1n) is 8.58. The Labute approximate surface area is 141 Å². The molecule has 0 amide bonds. The molecule has 3 atom stereocenters. The van der Waals surface area contributed by atoms with Gasteiger partial charge in [0.25, 0.3) is 0 Å². The maximum atomic E-state index is 6.19. The lowest BCUT2D eigenvalue weighted by Gasteiger charge is -2.22. The first-order chi connectivity index (χ1) is 11.6. The molecule has 1 saturated carbocycles. The third-order valence-electron chi connectivity index (χ3n) is 5.22. The maximum Gasteiger partial charge on any atom is 0.164 e. The third-order valence-corrected chi connectivity index (χ3v) is 5.22. The van der Waals surface area contributed by atoms with Crippen LogP contribution in [0.4, 0.5) is 0 Å². The maximum absolute atomic E-state index is 6.19. The van der Waals surface area contributed by atoms with Crippen LogP contribution in [-0.2, 0) is 9.47 Å². The molecule has 24 heavy (non-hydrogen) atoms. The average Bonchev–Trinajstić information content (AvgIpc) is 3.12. The standard InChI is InChI=1S/C19H21N3O2/c1-4-11-9-14(17-16(11)23-19(2,3)24-17)22-8-7-13-15(12-5-6-12)20-10-21-18(13)22/h4,7-10,12,14,16-17H,1,5-6H2,2-3H3/t14-,16-,17+/m1/s1. The molecular weight excluding hydrogens is 302 g/mol. The summed E-state index contributed by atoms with van der Waals surface area (Å²) in [5.74, 6) is 0.0275. The van der Waals surface area contributed by atoms with E-state index in [-0.39, 0.29) is 18.2 Å². The molecule has 1 aliphatic heterocycles. The van der Waals surface area contributed by atoms with Crippen LogP contribution in [0.2, 0.25) is 0 Å².